The van der Waals surface area contributed by atoms with Gasteiger partial charge in [-0.05, 0) is 36.2 Å². The molecule has 0 aromatic heterocycles. The van der Waals surface area contributed by atoms with Crippen LogP contribution in [0, 0.1) is 6.92 Å². The van der Waals surface area contributed by atoms with E-state index in [4.69, 9.17) is 9.94 Å². The molecule has 5 nitrogen and oxygen atoms in total. The zero-order valence-corrected chi connectivity index (χ0v) is 12.4. The first-order valence-electron chi connectivity index (χ1n) is 7.20. The van der Waals surface area contributed by atoms with Gasteiger partial charge in [0.05, 0.1) is 12.2 Å². The van der Waals surface area contributed by atoms with E-state index in [1.54, 1.807) is 23.7 Å². The van der Waals surface area contributed by atoms with Crippen molar-refractivity contribution in [1.82, 2.24) is 5.48 Å². The molecule has 0 saturated heterocycles. The molecule has 2 N–H and O–H groups in total. The number of hydrogen-bond donors (Lipinski definition) is 2. The molecule has 0 bridgehead atoms. The monoisotopic (exact) mass is 298 g/mol. The maximum absolute atomic E-state index is 11.6. The zero-order valence-electron chi connectivity index (χ0n) is 12.4. The summed E-state index contributed by atoms with van der Waals surface area (Å²) in [5.41, 5.74) is 5.42. The van der Waals surface area contributed by atoms with Crippen LogP contribution < -0.4 is 15.1 Å². The second kappa shape index (κ2) is 6.07. The lowest BCUT2D eigenvalue weighted by Gasteiger charge is -2.32. The molecule has 0 saturated carbocycles. The normalized spacial score (nSPS) is 13.3. The molecule has 3 rings (SSSR count). The molecule has 22 heavy (non-hydrogen) atoms. The molecular weight excluding hydrogens is 280 g/mol. The van der Waals surface area contributed by atoms with Crippen LogP contribution in [0.5, 0.6) is 5.75 Å². The Morgan fingerprint density at radius 3 is 2.91 bits per heavy atom. The number of nitrogens with one attached hydrogen (secondary N) is 1. The lowest BCUT2D eigenvalue weighted by molar-refractivity contribution is 0.0706. The molecule has 2 aromatic rings. The van der Waals surface area contributed by atoms with Gasteiger partial charge in [0.15, 0.2) is 0 Å². The van der Waals surface area contributed by atoms with Crippen LogP contribution in [0.4, 0.5) is 5.69 Å². The number of carbonyl (C=O) groups is 1. The molecular formula is C17H18N2O3. The van der Waals surface area contributed by atoms with Gasteiger partial charge in [-0.2, -0.15) is 0 Å². The van der Waals surface area contributed by atoms with E-state index < -0.39 is 5.91 Å². The van der Waals surface area contributed by atoms with E-state index >= 15 is 0 Å². The number of aryl methyl sites for hydroxylation is 1. The number of carbonyl (C=O) groups excluding carboxylic acids is 1. The predicted molar refractivity (Wildman–Crippen MR) is 83.4 cm³/mol. The van der Waals surface area contributed by atoms with Crippen molar-refractivity contribution < 1.29 is 14.7 Å². The molecule has 1 heterocycles. The maximum atomic E-state index is 11.6. The fourth-order valence-electron chi connectivity index (χ4n) is 2.64. The van der Waals surface area contributed by atoms with Crippen molar-refractivity contribution in [3.8, 4) is 5.75 Å². The van der Waals surface area contributed by atoms with Crippen molar-refractivity contribution in [1.29, 1.82) is 0 Å². The molecule has 114 valence electrons. The number of hydrogen-bond acceptors (Lipinski definition) is 4. The SMILES string of the molecule is Cc1ccccc1CN1CCOc2ccc(C(=O)NO)cc21. The van der Waals surface area contributed by atoms with Gasteiger partial charge in [-0.3, -0.25) is 10.0 Å². The van der Waals surface area contributed by atoms with E-state index in [1.807, 2.05) is 12.1 Å². The van der Waals surface area contributed by atoms with E-state index in [9.17, 15) is 4.79 Å². The Morgan fingerprint density at radius 1 is 1.32 bits per heavy atom. The van der Waals surface area contributed by atoms with Crippen molar-refractivity contribution in [2.75, 3.05) is 18.1 Å². The van der Waals surface area contributed by atoms with Gasteiger partial charge in [-0.1, -0.05) is 24.3 Å². The Morgan fingerprint density at radius 2 is 2.14 bits per heavy atom. The van der Waals surface area contributed by atoms with Crippen LogP contribution in [0.3, 0.4) is 0 Å². The first-order chi connectivity index (χ1) is 10.7. The predicted octanol–water partition coefficient (Wildman–Crippen LogP) is 2.51. The van der Waals surface area contributed by atoms with E-state index in [0.717, 1.165) is 24.5 Å². The second-order valence-corrected chi connectivity index (χ2v) is 5.32. The number of rotatable bonds is 3. The molecule has 2 aromatic carbocycles. The third-order valence-corrected chi connectivity index (χ3v) is 3.90. The summed E-state index contributed by atoms with van der Waals surface area (Å²) < 4.78 is 5.65. The molecule has 0 atom stereocenters. The fourth-order valence-corrected chi connectivity index (χ4v) is 2.64. The summed E-state index contributed by atoms with van der Waals surface area (Å²) in [7, 11) is 0. The summed E-state index contributed by atoms with van der Waals surface area (Å²) in [5.74, 6) is 0.235. The smallest absolute Gasteiger partial charge is 0.274 e. The molecule has 0 fully saturated rings. The highest BCUT2D eigenvalue weighted by atomic mass is 16.5. The van der Waals surface area contributed by atoms with Crippen LogP contribution in [0.1, 0.15) is 21.5 Å². The Kier molecular flexibility index (Phi) is 3.98. The van der Waals surface area contributed by atoms with E-state index in [2.05, 4.69) is 24.0 Å². The minimum atomic E-state index is -0.524. The Hall–Kier alpha value is -2.53. The molecule has 0 radical (unpaired) electrons. The van der Waals surface area contributed by atoms with Crippen LogP contribution in [0.15, 0.2) is 42.5 Å². The van der Waals surface area contributed by atoms with Gasteiger partial charge in [0.2, 0.25) is 0 Å². The summed E-state index contributed by atoms with van der Waals surface area (Å²) in [6.45, 7) is 4.22. The zero-order chi connectivity index (χ0) is 15.5. The van der Waals surface area contributed by atoms with Gasteiger partial charge in [-0.25, -0.2) is 5.48 Å². The molecule has 0 unspecified atom stereocenters. The summed E-state index contributed by atoms with van der Waals surface area (Å²) in [6, 6.07) is 13.4. The van der Waals surface area contributed by atoms with Crippen molar-refractivity contribution in [3.63, 3.8) is 0 Å². The molecule has 1 aliphatic rings. The van der Waals surface area contributed by atoms with Crippen LogP contribution in [0.25, 0.3) is 0 Å². The summed E-state index contributed by atoms with van der Waals surface area (Å²) in [6.07, 6.45) is 0. The molecule has 1 aliphatic heterocycles. The number of amides is 1. The van der Waals surface area contributed by atoms with E-state index in [-0.39, 0.29) is 0 Å². The minimum absolute atomic E-state index is 0.404. The first-order valence-corrected chi connectivity index (χ1v) is 7.20. The van der Waals surface area contributed by atoms with E-state index in [0.29, 0.717) is 12.2 Å². The number of benzene rings is 2. The third kappa shape index (κ3) is 2.76. The standard InChI is InChI=1S/C17H18N2O3/c1-12-4-2-3-5-14(12)11-19-8-9-22-16-7-6-13(10-15(16)19)17(20)18-21/h2-7,10,21H,8-9,11H2,1H3,(H,18,20). The van der Waals surface area contributed by atoms with Crippen LogP contribution in [-0.4, -0.2) is 24.3 Å². The Bertz CT molecular complexity index is 700. The number of fused-ring (bicyclic) bond motifs is 1. The molecule has 1 amide bonds. The molecule has 0 aliphatic carbocycles. The van der Waals surface area contributed by atoms with Crippen molar-refractivity contribution in [3.05, 3.63) is 59.2 Å². The van der Waals surface area contributed by atoms with Gasteiger partial charge < -0.3 is 9.64 Å². The molecule has 5 heteroatoms. The van der Waals surface area contributed by atoms with Crippen molar-refractivity contribution in [2.45, 2.75) is 13.5 Å². The Labute approximate surface area is 129 Å². The van der Waals surface area contributed by atoms with Gasteiger partial charge in [-0.15, -0.1) is 0 Å². The summed E-state index contributed by atoms with van der Waals surface area (Å²) in [4.78, 5) is 13.8. The summed E-state index contributed by atoms with van der Waals surface area (Å²) >= 11 is 0. The number of hydroxylamine groups is 1. The lowest BCUT2D eigenvalue weighted by Crippen LogP contribution is -2.32. The summed E-state index contributed by atoms with van der Waals surface area (Å²) in [5, 5.41) is 8.79. The lowest BCUT2D eigenvalue weighted by atomic mass is 10.1. The average molecular weight is 298 g/mol. The van der Waals surface area contributed by atoms with Crippen molar-refractivity contribution in [2.24, 2.45) is 0 Å². The number of nitrogens with zero attached hydrogens (tertiary/aromatic N) is 1. The van der Waals surface area contributed by atoms with Crippen LogP contribution in [-0.2, 0) is 6.54 Å². The topological polar surface area (TPSA) is 61.8 Å². The third-order valence-electron chi connectivity index (χ3n) is 3.90. The van der Waals surface area contributed by atoms with Gasteiger partial charge >= 0.3 is 0 Å². The maximum Gasteiger partial charge on any atom is 0.274 e. The van der Waals surface area contributed by atoms with Crippen LogP contribution >= 0.6 is 0 Å². The van der Waals surface area contributed by atoms with Gasteiger partial charge in [0.25, 0.3) is 5.91 Å². The van der Waals surface area contributed by atoms with E-state index in [1.165, 1.54) is 11.1 Å². The molecule has 0 spiro atoms. The largest absolute Gasteiger partial charge is 0.490 e. The van der Waals surface area contributed by atoms with Crippen molar-refractivity contribution >= 4 is 11.6 Å². The number of anilines is 1. The van der Waals surface area contributed by atoms with Gasteiger partial charge in [0, 0.05) is 12.1 Å². The Balaban J connectivity index is 1.93. The number of ether oxygens (including phenoxy) is 1. The second-order valence-electron chi connectivity index (χ2n) is 5.32. The highest BCUT2D eigenvalue weighted by Crippen LogP contribution is 2.33. The fraction of sp³-hybridized carbons (Fsp3) is 0.235. The highest BCUT2D eigenvalue weighted by molar-refractivity contribution is 5.95. The quantitative estimate of drug-likeness (QED) is 0.675. The van der Waals surface area contributed by atoms with Crippen LogP contribution in [0.2, 0.25) is 0 Å². The van der Waals surface area contributed by atoms with Gasteiger partial charge in [0.1, 0.15) is 12.4 Å². The minimum Gasteiger partial charge on any atom is -0.490 e. The first kappa shape index (κ1) is 14.4. The highest BCUT2D eigenvalue weighted by Gasteiger charge is 2.20. The average Bonchev–Trinajstić information content (AvgIpc) is 2.56.